The fourth-order valence-electron chi connectivity index (χ4n) is 3.58. The Balaban J connectivity index is 1.74. The van der Waals surface area contributed by atoms with Gasteiger partial charge in [0.1, 0.15) is 17.4 Å². The molecule has 7 heteroatoms. The summed E-state index contributed by atoms with van der Waals surface area (Å²) in [5, 5.41) is 13.3. The number of nitrogens with zero attached hydrogens (tertiary/aromatic N) is 3. The van der Waals surface area contributed by atoms with Crippen molar-refractivity contribution in [3.8, 4) is 5.75 Å². The molecule has 27 heavy (non-hydrogen) atoms. The average Bonchev–Trinajstić information content (AvgIpc) is 3.07. The van der Waals surface area contributed by atoms with Crippen molar-refractivity contribution in [1.82, 2.24) is 14.5 Å². The summed E-state index contributed by atoms with van der Waals surface area (Å²) in [5.41, 5.74) is 1.42. The van der Waals surface area contributed by atoms with Crippen LogP contribution in [0.15, 0.2) is 36.7 Å². The number of amides is 1. The van der Waals surface area contributed by atoms with Crippen LogP contribution >= 0.6 is 0 Å². The van der Waals surface area contributed by atoms with Crippen molar-refractivity contribution in [3.63, 3.8) is 0 Å². The molecule has 1 amide bonds. The number of likely N-dealkylation sites (tertiary alicyclic amines) is 1. The second kappa shape index (κ2) is 6.90. The lowest BCUT2D eigenvalue weighted by atomic mass is 10.1. The van der Waals surface area contributed by atoms with E-state index in [2.05, 4.69) is 10.3 Å². The van der Waals surface area contributed by atoms with Crippen molar-refractivity contribution in [1.29, 1.82) is 0 Å². The molecular formula is C20H21FN4O2. The molecule has 1 aliphatic heterocycles. The van der Waals surface area contributed by atoms with E-state index in [1.54, 1.807) is 6.20 Å². The highest BCUT2D eigenvalue weighted by molar-refractivity contribution is 6.08. The molecule has 0 saturated carbocycles. The summed E-state index contributed by atoms with van der Waals surface area (Å²) in [6.07, 6.45) is 6.59. The van der Waals surface area contributed by atoms with Gasteiger partial charge in [0.25, 0.3) is 5.91 Å². The van der Waals surface area contributed by atoms with E-state index in [0.717, 1.165) is 43.3 Å². The number of piperidine rings is 1. The summed E-state index contributed by atoms with van der Waals surface area (Å²) in [6, 6.07) is 5.62. The average molecular weight is 368 g/mol. The molecule has 140 valence electrons. The monoisotopic (exact) mass is 368 g/mol. The maximum Gasteiger partial charge on any atom is 0.257 e. The van der Waals surface area contributed by atoms with Crippen molar-refractivity contribution >= 4 is 28.3 Å². The van der Waals surface area contributed by atoms with E-state index in [9.17, 15) is 14.3 Å². The molecular weight excluding hydrogens is 347 g/mol. The maximum atomic E-state index is 14.0. The number of carbonyl (C=O) groups is 1. The molecule has 6 nitrogen and oxygen atoms in total. The zero-order valence-corrected chi connectivity index (χ0v) is 15.1. The van der Waals surface area contributed by atoms with Gasteiger partial charge in [0.15, 0.2) is 0 Å². The smallest absolute Gasteiger partial charge is 0.257 e. The zero-order valence-electron chi connectivity index (χ0n) is 15.1. The molecule has 0 bridgehead atoms. The number of aromatic nitrogens is 2. The number of phenols is 1. The number of rotatable bonds is 3. The fourth-order valence-corrected chi connectivity index (χ4v) is 3.58. The number of hydrogen-bond acceptors (Lipinski definition) is 4. The number of halogens is 1. The lowest BCUT2D eigenvalue weighted by molar-refractivity contribution is 0.0725. The van der Waals surface area contributed by atoms with Gasteiger partial charge in [0.2, 0.25) is 0 Å². The second-order valence-electron chi connectivity index (χ2n) is 6.85. The Labute approximate surface area is 156 Å². The van der Waals surface area contributed by atoms with Gasteiger partial charge in [-0.15, -0.1) is 0 Å². The third kappa shape index (κ3) is 3.20. The van der Waals surface area contributed by atoms with E-state index in [4.69, 9.17) is 0 Å². The number of aryl methyl sites for hydroxylation is 1. The second-order valence-corrected chi connectivity index (χ2v) is 6.85. The predicted octanol–water partition coefficient (Wildman–Crippen LogP) is 3.79. The third-order valence-electron chi connectivity index (χ3n) is 4.98. The molecule has 3 aromatic rings. The molecule has 2 N–H and O–H groups in total. The van der Waals surface area contributed by atoms with Crippen LogP contribution in [-0.2, 0) is 7.05 Å². The van der Waals surface area contributed by atoms with Gasteiger partial charge in [0, 0.05) is 44.0 Å². The molecule has 1 fully saturated rings. The van der Waals surface area contributed by atoms with Crippen molar-refractivity contribution < 1.29 is 14.3 Å². The van der Waals surface area contributed by atoms with Gasteiger partial charge in [0.05, 0.1) is 16.8 Å². The first-order valence-electron chi connectivity index (χ1n) is 9.03. The summed E-state index contributed by atoms with van der Waals surface area (Å²) in [5.74, 6) is -0.123. The summed E-state index contributed by atoms with van der Waals surface area (Å²) in [7, 11) is 1.87. The lowest BCUT2D eigenvalue weighted by Crippen LogP contribution is -2.35. The quantitative estimate of drug-likeness (QED) is 0.738. The molecule has 4 rings (SSSR count). The molecule has 1 aromatic carbocycles. The number of phenolic OH excluding ortho intramolecular Hbond substituents is 1. The van der Waals surface area contributed by atoms with E-state index in [1.165, 1.54) is 18.2 Å². The van der Waals surface area contributed by atoms with Gasteiger partial charge in [-0.05, 0) is 37.5 Å². The summed E-state index contributed by atoms with van der Waals surface area (Å²) in [6.45, 7) is 1.53. The van der Waals surface area contributed by atoms with Crippen LogP contribution in [0, 0.1) is 5.82 Å². The number of aromatic hydroxyl groups is 1. The van der Waals surface area contributed by atoms with Gasteiger partial charge < -0.3 is 19.9 Å². The van der Waals surface area contributed by atoms with E-state index in [1.807, 2.05) is 28.8 Å². The van der Waals surface area contributed by atoms with Crippen LogP contribution in [0.3, 0.4) is 0 Å². The molecule has 0 spiro atoms. The Morgan fingerprint density at radius 3 is 2.78 bits per heavy atom. The topological polar surface area (TPSA) is 70.4 Å². The number of nitrogens with one attached hydrogen (secondary N) is 1. The van der Waals surface area contributed by atoms with Crippen molar-refractivity contribution in [3.05, 3.63) is 48.0 Å². The number of fused-ring (bicyclic) bond motifs is 1. The summed E-state index contributed by atoms with van der Waals surface area (Å²) < 4.78 is 15.9. The summed E-state index contributed by atoms with van der Waals surface area (Å²) in [4.78, 5) is 19.2. The Hall–Kier alpha value is -3.09. The first-order chi connectivity index (χ1) is 13.0. The van der Waals surface area contributed by atoms with Crippen LogP contribution in [0.25, 0.3) is 10.9 Å². The molecule has 3 heterocycles. The van der Waals surface area contributed by atoms with Gasteiger partial charge in [-0.2, -0.15) is 0 Å². The Kier molecular flexibility index (Phi) is 4.43. The number of benzene rings is 1. The van der Waals surface area contributed by atoms with Gasteiger partial charge in [-0.1, -0.05) is 0 Å². The Morgan fingerprint density at radius 1 is 1.22 bits per heavy atom. The number of anilines is 2. The zero-order chi connectivity index (χ0) is 19.0. The Bertz CT molecular complexity index is 1010. The minimum absolute atomic E-state index is 0.0240. The molecule has 1 aliphatic rings. The molecule has 2 aromatic heterocycles. The fraction of sp³-hybridized carbons (Fsp3) is 0.300. The molecule has 0 unspecified atom stereocenters. The Morgan fingerprint density at radius 2 is 2.00 bits per heavy atom. The highest BCUT2D eigenvalue weighted by Gasteiger charge is 2.23. The van der Waals surface area contributed by atoms with E-state index in [0.29, 0.717) is 11.4 Å². The third-order valence-corrected chi connectivity index (χ3v) is 4.98. The first-order valence-corrected chi connectivity index (χ1v) is 9.03. The van der Waals surface area contributed by atoms with E-state index in [-0.39, 0.29) is 17.3 Å². The highest BCUT2D eigenvalue weighted by atomic mass is 19.1. The van der Waals surface area contributed by atoms with Crippen LogP contribution in [0.1, 0.15) is 29.6 Å². The number of pyridine rings is 1. The molecule has 0 aliphatic carbocycles. The predicted molar refractivity (Wildman–Crippen MR) is 102 cm³/mol. The molecule has 1 saturated heterocycles. The molecule has 0 atom stereocenters. The number of carbonyl (C=O) groups excluding carboxylic acids is 1. The highest BCUT2D eigenvalue weighted by Crippen LogP contribution is 2.30. The SMILES string of the molecule is Cn1ccc2c(Nc3cc(O)ccc3F)ncc(C(=O)N3CCCCC3)c21. The standard InChI is InChI=1S/C20H21FN4O2/c1-24-10-7-14-18(24)15(20(27)25-8-3-2-4-9-25)12-22-19(14)23-17-11-13(26)5-6-16(17)21/h5-7,10-12,26H,2-4,8-9H2,1H3,(H,22,23). The van der Waals surface area contributed by atoms with Gasteiger partial charge >= 0.3 is 0 Å². The lowest BCUT2D eigenvalue weighted by Gasteiger charge is -2.27. The minimum Gasteiger partial charge on any atom is -0.508 e. The van der Waals surface area contributed by atoms with Crippen LogP contribution < -0.4 is 5.32 Å². The summed E-state index contributed by atoms with van der Waals surface area (Å²) >= 11 is 0. The normalized spacial score (nSPS) is 14.5. The van der Waals surface area contributed by atoms with Crippen molar-refractivity contribution in [2.75, 3.05) is 18.4 Å². The van der Waals surface area contributed by atoms with Crippen molar-refractivity contribution in [2.24, 2.45) is 7.05 Å². The minimum atomic E-state index is -0.493. The number of hydrogen-bond donors (Lipinski definition) is 2. The van der Waals surface area contributed by atoms with Crippen LogP contribution in [0.5, 0.6) is 5.75 Å². The van der Waals surface area contributed by atoms with Crippen LogP contribution in [0.4, 0.5) is 15.9 Å². The van der Waals surface area contributed by atoms with Gasteiger partial charge in [-0.25, -0.2) is 9.37 Å². The van der Waals surface area contributed by atoms with E-state index >= 15 is 0 Å². The van der Waals surface area contributed by atoms with Crippen molar-refractivity contribution in [2.45, 2.75) is 19.3 Å². The molecule has 0 radical (unpaired) electrons. The van der Waals surface area contributed by atoms with Crippen LogP contribution in [-0.4, -0.2) is 38.6 Å². The largest absolute Gasteiger partial charge is 0.508 e. The van der Waals surface area contributed by atoms with E-state index < -0.39 is 5.82 Å². The maximum absolute atomic E-state index is 14.0. The first kappa shape index (κ1) is 17.3. The van der Waals surface area contributed by atoms with Gasteiger partial charge in [-0.3, -0.25) is 4.79 Å². The van der Waals surface area contributed by atoms with Crippen LogP contribution in [0.2, 0.25) is 0 Å².